The van der Waals surface area contributed by atoms with E-state index in [9.17, 15) is 0 Å². The zero-order valence-corrected chi connectivity index (χ0v) is 11.2. The second kappa shape index (κ2) is 6.55. The zero-order valence-electron chi connectivity index (χ0n) is 11.2. The molecular formula is C12H28N4. The predicted molar refractivity (Wildman–Crippen MR) is 69.1 cm³/mol. The Morgan fingerprint density at radius 1 is 1.38 bits per heavy atom. The molecule has 0 radical (unpaired) electrons. The molecule has 1 aliphatic rings. The smallest absolute Gasteiger partial charge is 0.0387 e. The zero-order chi connectivity index (χ0) is 12.1. The third kappa shape index (κ3) is 3.70. The average molecular weight is 228 g/mol. The van der Waals surface area contributed by atoms with Gasteiger partial charge in [0.05, 0.1) is 0 Å². The lowest BCUT2D eigenvalue weighted by atomic mass is 9.93. The van der Waals surface area contributed by atoms with Crippen molar-refractivity contribution in [3.63, 3.8) is 0 Å². The Bertz CT molecular complexity index is 197. The molecule has 0 bridgehead atoms. The summed E-state index contributed by atoms with van der Waals surface area (Å²) in [6.07, 6.45) is 2.39. The van der Waals surface area contributed by atoms with Crippen molar-refractivity contribution >= 4 is 0 Å². The molecule has 4 heteroatoms. The molecule has 1 rings (SSSR count). The van der Waals surface area contributed by atoms with Gasteiger partial charge in [-0.1, -0.05) is 20.3 Å². The minimum absolute atomic E-state index is 0.405. The van der Waals surface area contributed by atoms with Gasteiger partial charge in [0.2, 0.25) is 0 Å². The van der Waals surface area contributed by atoms with Crippen LogP contribution in [-0.2, 0) is 0 Å². The topological polar surface area (TPSA) is 44.5 Å². The first kappa shape index (κ1) is 13.9. The molecule has 3 atom stereocenters. The van der Waals surface area contributed by atoms with Gasteiger partial charge >= 0.3 is 0 Å². The Kier molecular flexibility index (Phi) is 5.69. The van der Waals surface area contributed by atoms with Crippen LogP contribution in [0.2, 0.25) is 0 Å². The Morgan fingerprint density at radius 3 is 2.62 bits per heavy atom. The molecule has 0 spiro atoms. The SMILES string of the molecule is CCC(C)CC(NN)C1CN(C)CCN1C. The van der Waals surface area contributed by atoms with Crippen LogP contribution in [0.25, 0.3) is 0 Å². The van der Waals surface area contributed by atoms with E-state index in [0.29, 0.717) is 12.1 Å². The number of rotatable bonds is 5. The largest absolute Gasteiger partial charge is 0.303 e. The summed E-state index contributed by atoms with van der Waals surface area (Å²) in [5.74, 6) is 6.46. The van der Waals surface area contributed by atoms with Gasteiger partial charge in [-0.2, -0.15) is 0 Å². The molecule has 96 valence electrons. The van der Waals surface area contributed by atoms with Crippen molar-refractivity contribution in [1.29, 1.82) is 0 Å². The molecule has 1 aliphatic heterocycles. The maximum atomic E-state index is 5.72. The monoisotopic (exact) mass is 228 g/mol. The normalized spacial score (nSPS) is 27.9. The molecule has 3 unspecified atom stereocenters. The highest BCUT2D eigenvalue weighted by atomic mass is 15.3. The number of likely N-dealkylation sites (N-methyl/N-ethyl adjacent to an activating group) is 2. The van der Waals surface area contributed by atoms with Crippen LogP contribution in [0.1, 0.15) is 26.7 Å². The lowest BCUT2D eigenvalue weighted by Gasteiger charge is -2.42. The molecule has 16 heavy (non-hydrogen) atoms. The fraction of sp³-hybridized carbons (Fsp3) is 1.00. The number of nitrogens with zero attached hydrogens (tertiary/aromatic N) is 2. The van der Waals surface area contributed by atoms with Crippen LogP contribution < -0.4 is 11.3 Å². The van der Waals surface area contributed by atoms with Crippen LogP contribution in [0.15, 0.2) is 0 Å². The van der Waals surface area contributed by atoms with Gasteiger partial charge < -0.3 is 4.90 Å². The molecular weight excluding hydrogens is 200 g/mol. The van der Waals surface area contributed by atoms with Gasteiger partial charge in [0.1, 0.15) is 0 Å². The first-order chi connectivity index (χ1) is 7.58. The van der Waals surface area contributed by atoms with Crippen molar-refractivity contribution in [3.8, 4) is 0 Å². The number of hydrazine groups is 1. The molecule has 1 heterocycles. The van der Waals surface area contributed by atoms with E-state index in [1.807, 2.05) is 0 Å². The minimum Gasteiger partial charge on any atom is -0.303 e. The van der Waals surface area contributed by atoms with E-state index >= 15 is 0 Å². The summed E-state index contributed by atoms with van der Waals surface area (Å²) in [7, 11) is 4.40. The van der Waals surface area contributed by atoms with Gasteiger partial charge in [-0.25, -0.2) is 0 Å². The highest BCUT2D eigenvalue weighted by Crippen LogP contribution is 2.17. The fourth-order valence-electron chi connectivity index (χ4n) is 2.42. The molecule has 1 fully saturated rings. The van der Waals surface area contributed by atoms with Crippen LogP contribution in [0, 0.1) is 5.92 Å². The van der Waals surface area contributed by atoms with E-state index in [2.05, 4.69) is 43.2 Å². The van der Waals surface area contributed by atoms with Crippen molar-refractivity contribution in [2.24, 2.45) is 11.8 Å². The maximum Gasteiger partial charge on any atom is 0.0387 e. The van der Waals surface area contributed by atoms with Crippen LogP contribution >= 0.6 is 0 Å². The molecule has 4 nitrogen and oxygen atoms in total. The Morgan fingerprint density at radius 2 is 2.06 bits per heavy atom. The van der Waals surface area contributed by atoms with Gasteiger partial charge in [0.25, 0.3) is 0 Å². The standard InChI is InChI=1S/C12H28N4/c1-5-10(2)8-11(14-13)12-9-15(3)6-7-16(12)4/h10-12,14H,5-9,13H2,1-4H3. The summed E-state index contributed by atoms with van der Waals surface area (Å²) >= 11 is 0. The lowest BCUT2D eigenvalue weighted by molar-refractivity contribution is 0.0808. The average Bonchev–Trinajstić information content (AvgIpc) is 2.29. The number of nitrogens with one attached hydrogen (secondary N) is 1. The number of hydrogen-bond donors (Lipinski definition) is 2. The lowest BCUT2D eigenvalue weighted by Crippen LogP contribution is -2.60. The van der Waals surface area contributed by atoms with Crippen molar-refractivity contribution in [2.45, 2.75) is 38.8 Å². The molecule has 0 saturated carbocycles. The second-order valence-electron chi connectivity index (χ2n) is 5.33. The molecule has 0 amide bonds. The molecule has 0 aromatic heterocycles. The number of piperazine rings is 1. The maximum absolute atomic E-state index is 5.72. The van der Waals surface area contributed by atoms with Crippen molar-refractivity contribution in [3.05, 3.63) is 0 Å². The summed E-state index contributed by atoms with van der Waals surface area (Å²) < 4.78 is 0. The van der Waals surface area contributed by atoms with Crippen molar-refractivity contribution in [1.82, 2.24) is 15.2 Å². The van der Waals surface area contributed by atoms with Crippen molar-refractivity contribution < 1.29 is 0 Å². The Labute approximate surface area is 100 Å². The highest BCUT2D eigenvalue weighted by molar-refractivity contribution is 4.88. The number of hydrogen-bond acceptors (Lipinski definition) is 4. The van der Waals surface area contributed by atoms with E-state index in [4.69, 9.17) is 5.84 Å². The molecule has 0 aliphatic carbocycles. The summed E-state index contributed by atoms with van der Waals surface area (Å²) in [6, 6.07) is 0.945. The van der Waals surface area contributed by atoms with Gasteiger partial charge in [0, 0.05) is 31.7 Å². The summed E-state index contributed by atoms with van der Waals surface area (Å²) in [5, 5.41) is 0. The quantitative estimate of drug-likeness (QED) is 0.531. The summed E-state index contributed by atoms with van der Waals surface area (Å²) in [6.45, 7) is 7.96. The van der Waals surface area contributed by atoms with E-state index in [1.54, 1.807) is 0 Å². The van der Waals surface area contributed by atoms with Gasteiger partial charge in [0.15, 0.2) is 0 Å². The van der Waals surface area contributed by atoms with Gasteiger partial charge in [-0.05, 0) is 26.4 Å². The van der Waals surface area contributed by atoms with Crippen LogP contribution in [0.3, 0.4) is 0 Å². The predicted octanol–water partition coefficient (Wildman–Crippen LogP) is 0.500. The number of nitrogens with two attached hydrogens (primary N) is 1. The van der Waals surface area contributed by atoms with E-state index in [0.717, 1.165) is 32.0 Å². The van der Waals surface area contributed by atoms with E-state index in [1.165, 1.54) is 6.42 Å². The molecule has 0 aromatic carbocycles. The Hall–Kier alpha value is -0.160. The third-order valence-electron chi connectivity index (χ3n) is 3.93. The molecule has 3 N–H and O–H groups in total. The minimum atomic E-state index is 0.405. The van der Waals surface area contributed by atoms with E-state index < -0.39 is 0 Å². The first-order valence-corrected chi connectivity index (χ1v) is 6.43. The Balaban J connectivity index is 2.55. The highest BCUT2D eigenvalue weighted by Gasteiger charge is 2.29. The van der Waals surface area contributed by atoms with Crippen LogP contribution in [0.5, 0.6) is 0 Å². The second-order valence-corrected chi connectivity index (χ2v) is 5.33. The molecule has 1 saturated heterocycles. The van der Waals surface area contributed by atoms with Gasteiger partial charge in [-0.3, -0.25) is 16.2 Å². The summed E-state index contributed by atoms with van der Waals surface area (Å²) in [5.41, 5.74) is 3.02. The van der Waals surface area contributed by atoms with Crippen LogP contribution in [0.4, 0.5) is 0 Å². The van der Waals surface area contributed by atoms with Crippen molar-refractivity contribution in [2.75, 3.05) is 33.7 Å². The van der Waals surface area contributed by atoms with Gasteiger partial charge in [-0.15, -0.1) is 0 Å². The fourth-order valence-corrected chi connectivity index (χ4v) is 2.42. The molecule has 0 aromatic rings. The summed E-state index contributed by atoms with van der Waals surface area (Å²) in [4.78, 5) is 4.83. The van der Waals surface area contributed by atoms with Crippen LogP contribution in [-0.4, -0.2) is 55.6 Å². The third-order valence-corrected chi connectivity index (χ3v) is 3.93. The first-order valence-electron chi connectivity index (χ1n) is 6.43. The van der Waals surface area contributed by atoms with E-state index in [-0.39, 0.29) is 0 Å².